The molecule has 0 heterocycles. The number of rotatable bonds is 7. The van der Waals surface area contributed by atoms with Gasteiger partial charge in [-0.25, -0.2) is 0 Å². The van der Waals surface area contributed by atoms with E-state index in [-0.39, 0.29) is 0 Å². The molecule has 0 aliphatic heterocycles. The van der Waals surface area contributed by atoms with E-state index in [1.54, 1.807) is 0 Å². The molecule has 84 valence electrons. The van der Waals surface area contributed by atoms with Gasteiger partial charge >= 0.3 is 0 Å². The van der Waals surface area contributed by atoms with Crippen LogP contribution in [0.5, 0.6) is 0 Å². The number of benzene rings is 1. The Morgan fingerprint density at radius 3 is 2.67 bits per heavy atom. The van der Waals surface area contributed by atoms with E-state index >= 15 is 0 Å². The van der Waals surface area contributed by atoms with Crippen molar-refractivity contribution in [1.29, 1.82) is 0 Å². The summed E-state index contributed by atoms with van der Waals surface area (Å²) in [6.07, 6.45) is 3.54. The van der Waals surface area contributed by atoms with Crippen molar-refractivity contribution < 1.29 is 0 Å². The average molecular weight is 291 g/mol. The molecular weight excluding hydrogens is 273 g/mol. The maximum Gasteiger partial charge on any atom is 0.0223 e. The first-order valence-electron chi connectivity index (χ1n) is 5.34. The summed E-state index contributed by atoms with van der Waals surface area (Å²) in [7, 11) is 0. The lowest BCUT2D eigenvalue weighted by Crippen LogP contribution is -2.14. The van der Waals surface area contributed by atoms with E-state index in [1.807, 2.05) is 6.07 Å². The summed E-state index contributed by atoms with van der Waals surface area (Å²) < 4.78 is 1.18. The zero-order valence-electron chi connectivity index (χ0n) is 8.81. The van der Waals surface area contributed by atoms with E-state index in [1.165, 1.54) is 22.9 Å². The van der Waals surface area contributed by atoms with Crippen LogP contribution >= 0.6 is 27.5 Å². The highest BCUT2D eigenvalue weighted by molar-refractivity contribution is 9.10. The van der Waals surface area contributed by atoms with Gasteiger partial charge in [-0.1, -0.05) is 40.5 Å². The molecule has 0 aliphatic rings. The molecular formula is C12H17BrClN. The van der Waals surface area contributed by atoms with Gasteiger partial charge in [-0.05, 0) is 31.0 Å². The van der Waals surface area contributed by atoms with Gasteiger partial charge in [0.25, 0.3) is 0 Å². The molecule has 0 radical (unpaired) electrons. The molecule has 0 saturated heterocycles. The normalized spacial score (nSPS) is 10.5. The van der Waals surface area contributed by atoms with Gasteiger partial charge in [0.1, 0.15) is 0 Å². The number of alkyl halides is 1. The summed E-state index contributed by atoms with van der Waals surface area (Å²) >= 11 is 9.14. The average Bonchev–Trinajstić information content (AvgIpc) is 2.25. The lowest BCUT2D eigenvalue weighted by Gasteiger charge is -2.06. The molecule has 15 heavy (non-hydrogen) atoms. The summed E-state index contributed by atoms with van der Waals surface area (Å²) in [6, 6.07) is 8.31. The number of hydrogen-bond acceptors (Lipinski definition) is 1. The van der Waals surface area contributed by atoms with E-state index < -0.39 is 0 Å². The Hall–Kier alpha value is -0.0500. The van der Waals surface area contributed by atoms with Crippen LogP contribution in [0.4, 0.5) is 0 Å². The fourth-order valence-corrected chi connectivity index (χ4v) is 2.00. The molecule has 1 N–H and O–H groups in total. The van der Waals surface area contributed by atoms with Crippen molar-refractivity contribution in [2.75, 3.05) is 12.4 Å². The van der Waals surface area contributed by atoms with Crippen molar-refractivity contribution in [2.24, 2.45) is 0 Å². The van der Waals surface area contributed by atoms with E-state index in [9.17, 15) is 0 Å². The molecule has 1 rings (SSSR count). The first-order valence-corrected chi connectivity index (χ1v) is 6.67. The van der Waals surface area contributed by atoms with Gasteiger partial charge in [0, 0.05) is 16.9 Å². The van der Waals surface area contributed by atoms with Crippen LogP contribution in [0.25, 0.3) is 0 Å². The Labute approximate surface area is 105 Å². The van der Waals surface area contributed by atoms with Crippen molar-refractivity contribution >= 4 is 27.5 Å². The summed E-state index contributed by atoms with van der Waals surface area (Å²) in [6.45, 7) is 2.00. The first kappa shape index (κ1) is 13.0. The molecule has 0 aliphatic carbocycles. The smallest absolute Gasteiger partial charge is 0.0223 e. The molecule has 3 heteroatoms. The van der Waals surface area contributed by atoms with Gasteiger partial charge in [0.2, 0.25) is 0 Å². The minimum Gasteiger partial charge on any atom is -0.313 e. The Morgan fingerprint density at radius 2 is 1.93 bits per heavy atom. The number of nitrogens with one attached hydrogen (secondary N) is 1. The molecule has 0 unspecified atom stereocenters. The van der Waals surface area contributed by atoms with Crippen molar-refractivity contribution in [3.8, 4) is 0 Å². The van der Waals surface area contributed by atoms with Crippen LogP contribution < -0.4 is 5.32 Å². The largest absolute Gasteiger partial charge is 0.313 e. The van der Waals surface area contributed by atoms with Crippen molar-refractivity contribution in [1.82, 2.24) is 5.32 Å². The molecule has 0 atom stereocenters. The molecule has 0 saturated carbocycles. The van der Waals surface area contributed by atoms with Gasteiger partial charge in [-0.3, -0.25) is 0 Å². The van der Waals surface area contributed by atoms with E-state index in [4.69, 9.17) is 11.6 Å². The van der Waals surface area contributed by atoms with Crippen LogP contribution in [0.1, 0.15) is 24.8 Å². The monoisotopic (exact) mass is 289 g/mol. The van der Waals surface area contributed by atoms with Gasteiger partial charge < -0.3 is 5.32 Å². The van der Waals surface area contributed by atoms with Crippen LogP contribution in [0, 0.1) is 0 Å². The number of unbranched alkanes of at least 4 members (excludes halogenated alkanes) is 2. The van der Waals surface area contributed by atoms with Crippen molar-refractivity contribution in [3.05, 3.63) is 34.3 Å². The van der Waals surface area contributed by atoms with E-state index in [0.29, 0.717) is 0 Å². The molecule has 0 amide bonds. The topological polar surface area (TPSA) is 12.0 Å². The van der Waals surface area contributed by atoms with Gasteiger partial charge in [0.15, 0.2) is 0 Å². The summed E-state index contributed by atoms with van der Waals surface area (Å²) in [5.41, 5.74) is 1.31. The quantitative estimate of drug-likeness (QED) is 0.592. The van der Waals surface area contributed by atoms with Crippen LogP contribution in [0.3, 0.4) is 0 Å². The Balaban J connectivity index is 2.12. The van der Waals surface area contributed by atoms with E-state index in [2.05, 4.69) is 39.4 Å². The molecule has 1 nitrogen and oxygen atoms in total. The third kappa shape index (κ3) is 5.55. The predicted octanol–water partition coefficient (Wildman–Crippen LogP) is 3.95. The van der Waals surface area contributed by atoms with Crippen LogP contribution in [0.2, 0.25) is 0 Å². The third-order valence-electron chi connectivity index (χ3n) is 2.26. The highest BCUT2D eigenvalue weighted by Crippen LogP contribution is 2.15. The van der Waals surface area contributed by atoms with Gasteiger partial charge in [0.05, 0.1) is 0 Å². The fraction of sp³-hybridized carbons (Fsp3) is 0.500. The van der Waals surface area contributed by atoms with Gasteiger partial charge in [-0.2, -0.15) is 0 Å². The number of hydrogen-bond donors (Lipinski definition) is 1. The number of halogens is 2. The molecule has 0 aromatic heterocycles. The highest BCUT2D eigenvalue weighted by Gasteiger charge is 1.96. The van der Waals surface area contributed by atoms with Crippen LogP contribution in [-0.4, -0.2) is 12.4 Å². The lowest BCUT2D eigenvalue weighted by molar-refractivity contribution is 0.617. The molecule has 0 bridgehead atoms. The minimum atomic E-state index is 0.782. The fourth-order valence-electron chi connectivity index (χ4n) is 1.39. The van der Waals surface area contributed by atoms with Crippen molar-refractivity contribution in [3.63, 3.8) is 0 Å². The zero-order valence-corrected chi connectivity index (χ0v) is 11.1. The van der Waals surface area contributed by atoms with E-state index in [0.717, 1.165) is 25.4 Å². The third-order valence-corrected chi connectivity index (χ3v) is 3.30. The van der Waals surface area contributed by atoms with Crippen molar-refractivity contribution in [2.45, 2.75) is 25.8 Å². The highest BCUT2D eigenvalue weighted by atomic mass is 79.9. The molecule has 0 fully saturated rings. The molecule has 1 aromatic rings. The maximum absolute atomic E-state index is 5.60. The standard InChI is InChI=1S/C12H17BrClN/c13-12-7-3-2-6-11(12)10-15-9-5-1-4-8-14/h2-3,6-7,15H,1,4-5,8-10H2. The predicted molar refractivity (Wildman–Crippen MR) is 70.4 cm³/mol. The minimum absolute atomic E-state index is 0.782. The summed E-state index contributed by atoms with van der Waals surface area (Å²) in [5, 5.41) is 3.43. The Bertz CT molecular complexity index is 278. The Morgan fingerprint density at radius 1 is 1.13 bits per heavy atom. The zero-order chi connectivity index (χ0) is 10.9. The molecule has 0 spiro atoms. The lowest BCUT2D eigenvalue weighted by atomic mass is 10.2. The second-order valence-electron chi connectivity index (χ2n) is 3.52. The Kier molecular flexibility index (Phi) is 7.07. The van der Waals surface area contributed by atoms with Crippen LogP contribution in [0.15, 0.2) is 28.7 Å². The van der Waals surface area contributed by atoms with Crippen LogP contribution in [-0.2, 0) is 6.54 Å². The second-order valence-corrected chi connectivity index (χ2v) is 4.75. The second kappa shape index (κ2) is 8.14. The SMILES string of the molecule is ClCCCCCNCc1ccccc1Br. The summed E-state index contributed by atoms with van der Waals surface area (Å²) in [5.74, 6) is 0.782. The van der Waals surface area contributed by atoms with Gasteiger partial charge in [-0.15, -0.1) is 11.6 Å². The molecule has 1 aromatic carbocycles. The summed E-state index contributed by atoms with van der Waals surface area (Å²) in [4.78, 5) is 0. The first-order chi connectivity index (χ1) is 7.34. The maximum atomic E-state index is 5.60.